The van der Waals surface area contributed by atoms with E-state index in [-0.39, 0.29) is 5.41 Å². The number of rotatable bonds is 18. The zero-order valence-electron chi connectivity index (χ0n) is 19.0. The Kier molecular flexibility index (Phi) is 18.2. The quantitative estimate of drug-likeness (QED) is 0.173. The highest BCUT2D eigenvalue weighted by Crippen LogP contribution is 2.27. The molecule has 196 valence electrons. The molecule has 0 rings (SSSR count). The van der Waals surface area contributed by atoms with Crippen molar-refractivity contribution in [3.05, 3.63) is 0 Å². The minimum Gasteiger partial charge on any atom is -0.381 e. The average Bonchev–Trinajstić information content (AvgIpc) is 2.73. The van der Waals surface area contributed by atoms with E-state index < -0.39 is 19.4 Å². The molecule has 0 unspecified atom stereocenters. The molecule has 13 heteroatoms. The molecule has 0 fully saturated rings. The van der Waals surface area contributed by atoms with Crippen LogP contribution in [0, 0.1) is 5.41 Å². The van der Waals surface area contributed by atoms with Crippen molar-refractivity contribution >= 4 is 81.4 Å². The zero-order chi connectivity index (χ0) is 25.4. The molecule has 2 amide bonds. The number of hydrogen-bond acceptors (Lipinski definition) is 5. The molecule has 0 saturated carbocycles. The smallest absolute Gasteiger partial charge is 0.272 e. The zero-order valence-corrected chi connectivity index (χ0v) is 23.5. The fourth-order valence-corrected chi connectivity index (χ4v) is 2.90. The third-order valence-electron chi connectivity index (χ3n) is 4.63. The van der Waals surface area contributed by atoms with E-state index in [1.165, 1.54) is 0 Å². The van der Waals surface area contributed by atoms with Gasteiger partial charge in [-0.15, -0.1) is 0 Å². The molecule has 0 atom stereocenters. The lowest BCUT2D eigenvalue weighted by Crippen LogP contribution is -2.38. The standard InChI is InChI=1S/C20H34Cl6N2O5/c1-3-5-10-31-13-18(4-2,14-32-11-6-8-27-16(29)19(21,22)23)15-33-12-7-9-28-17(30)20(24,25)26/h3-15H2,1-2H3,(H,27,29)(H,28,30). The summed E-state index contributed by atoms with van der Waals surface area (Å²) in [7, 11) is 0. The maximum absolute atomic E-state index is 11.5. The number of carbonyl (C=O) groups is 2. The highest BCUT2D eigenvalue weighted by molar-refractivity contribution is 6.76. The molecule has 7 nitrogen and oxygen atoms in total. The first kappa shape index (κ1) is 33.6. The van der Waals surface area contributed by atoms with Crippen LogP contribution in [0.5, 0.6) is 0 Å². The minimum absolute atomic E-state index is 0.324. The van der Waals surface area contributed by atoms with Crippen LogP contribution in [-0.2, 0) is 23.8 Å². The molecular weight excluding hydrogens is 561 g/mol. The third-order valence-corrected chi connectivity index (χ3v) is 5.66. The van der Waals surface area contributed by atoms with Crippen molar-refractivity contribution < 1.29 is 23.8 Å². The van der Waals surface area contributed by atoms with Crippen molar-refractivity contribution in [1.82, 2.24) is 10.6 Å². The molecule has 0 aliphatic rings. The molecular formula is C20H34Cl6N2O5. The number of unbranched alkanes of at least 4 members (excludes halogenated alkanes) is 1. The average molecular weight is 595 g/mol. The highest BCUT2D eigenvalue weighted by atomic mass is 35.6. The Morgan fingerprint density at radius 3 is 1.33 bits per heavy atom. The fourth-order valence-electron chi connectivity index (χ4n) is 2.50. The van der Waals surface area contributed by atoms with Gasteiger partial charge in [0.2, 0.25) is 0 Å². The van der Waals surface area contributed by atoms with Gasteiger partial charge in [-0.25, -0.2) is 0 Å². The summed E-state index contributed by atoms with van der Waals surface area (Å²) in [6.45, 7) is 7.67. The molecule has 0 bridgehead atoms. The summed E-state index contributed by atoms with van der Waals surface area (Å²) in [4.78, 5) is 23.1. The summed E-state index contributed by atoms with van der Waals surface area (Å²) < 4.78 is 13.6. The Bertz CT molecular complexity index is 520. The molecule has 2 N–H and O–H groups in total. The van der Waals surface area contributed by atoms with Crippen LogP contribution in [0.2, 0.25) is 0 Å². The molecule has 0 aromatic rings. The van der Waals surface area contributed by atoms with E-state index in [1.807, 2.05) is 0 Å². The summed E-state index contributed by atoms with van der Waals surface area (Å²) in [6, 6.07) is 0. The Morgan fingerprint density at radius 1 is 0.667 bits per heavy atom. The van der Waals surface area contributed by atoms with E-state index in [2.05, 4.69) is 24.5 Å². The van der Waals surface area contributed by atoms with Gasteiger partial charge < -0.3 is 24.8 Å². The van der Waals surface area contributed by atoms with Gasteiger partial charge in [-0.05, 0) is 25.7 Å². The Hall–Kier alpha value is 0.560. The summed E-state index contributed by atoms with van der Waals surface area (Å²) in [5, 5.41) is 5.07. The predicted octanol–water partition coefficient (Wildman–Crippen LogP) is 4.99. The largest absolute Gasteiger partial charge is 0.381 e. The number of hydrogen-bond donors (Lipinski definition) is 2. The summed E-state index contributed by atoms with van der Waals surface area (Å²) >= 11 is 33.1. The van der Waals surface area contributed by atoms with Gasteiger partial charge in [0, 0.05) is 38.3 Å². The van der Waals surface area contributed by atoms with E-state index in [1.54, 1.807) is 0 Å². The predicted molar refractivity (Wildman–Crippen MR) is 136 cm³/mol. The van der Waals surface area contributed by atoms with Gasteiger partial charge in [-0.1, -0.05) is 89.9 Å². The molecule has 0 radical (unpaired) electrons. The van der Waals surface area contributed by atoms with E-state index in [9.17, 15) is 9.59 Å². The van der Waals surface area contributed by atoms with Crippen LogP contribution in [-0.4, -0.2) is 72.1 Å². The highest BCUT2D eigenvalue weighted by Gasteiger charge is 2.32. The number of nitrogens with one attached hydrogen (secondary N) is 2. The molecule has 0 aliphatic carbocycles. The summed E-state index contributed by atoms with van der Waals surface area (Å²) in [6.07, 6.45) is 3.94. The Morgan fingerprint density at radius 2 is 1.03 bits per heavy atom. The van der Waals surface area contributed by atoms with Crippen LogP contribution in [0.25, 0.3) is 0 Å². The van der Waals surface area contributed by atoms with Crippen LogP contribution in [0.15, 0.2) is 0 Å². The second kappa shape index (κ2) is 17.9. The molecule has 0 aromatic carbocycles. The SMILES string of the molecule is CCCCOCC(CC)(COCCCNC(=O)C(Cl)(Cl)Cl)COCCCNC(=O)C(Cl)(Cl)Cl. The maximum atomic E-state index is 11.5. The van der Waals surface area contributed by atoms with Gasteiger partial charge in [-0.3, -0.25) is 9.59 Å². The van der Waals surface area contributed by atoms with Crippen molar-refractivity contribution in [1.29, 1.82) is 0 Å². The van der Waals surface area contributed by atoms with Crippen molar-refractivity contribution in [3.8, 4) is 0 Å². The summed E-state index contributed by atoms with van der Waals surface area (Å²) in [5.74, 6) is -1.34. The molecule has 0 aromatic heterocycles. The Labute approximate surface area is 226 Å². The van der Waals surface area contributed by atoms with Crippen LogP contribution in [0.4, 0.5) is 0 Å². The second-order valence-corrected chi connectivity index (χ2v) is 12.1. The normalized spacial score (nSPS) is 12.6. The van der Waals surface area contributed by atoms with Gasteiger partial charge in [0.15, 0.2) is 0 Å². The van der Waals surface area contributed by atoms with E-state index in [0.717, 1.165) is 19.3 Å². The van der Waals surface area contributed by atoms with E-state index in [0.29, 0.717) is 65.6 Å². The molecule has 0 aliphatic heterocycles. The van der Waals surface area contributed by atoms with Gasteiger partial charge >= 0.3 is 0 Å². The monoisotopic (exact) mass is 592 g/mol. The van der Waals surface area contributed by atoms with E-state index >= 15 is 0 Å². The van der Waals surface area contributed by atoms with Gasteiger partial charge in [0.05, 0.1) is 19.8 Å². The topological polar surface area (TPSA) is 85.9 Å². The number of carbonyl (C=O) groups excluding carboxylic acids is 2. The number of ether oxygens (including phenoxy) is 3. The van der Waals surface area contributed by atoms with Crippen LogP contribution < -0.4 is 10.6 Å². The maximum Gasteiger partial charge on any atom is 0.272 e. The number of alkyl halides is 6. The number of amides is 2. The van der Waals surface area contributed by atoms with Crippen LogP contribution in [0.1, 0.15) is 46.0 Å². The summed E-state index contributed by atoms with van der Waals surface area (Å²) in [5.41, 5.74) is -0.324. The van der Waals surface area contributed by atoms with E-state index in [4.69, 9.17) is 83.8 Å². The van der Waals surface area contributed by atoms with Gasteiger partial charge in [-0.2, -0.15) is 0 Å². The Balaban J connectivity index is 4.43. The lowest BCUT2D eigenvalue weighted by atomic mass is 9.88. The molecule has 0 spiro atoms. The molecule has 33 heavy (non-hydrogen) atoms. The second-order valence-electron chi connectivity index (χ2n) is 7.58. The first-order valence-corrected chi connectivity index (χ1v) is 13.1. The minimum atomic E-state index is -1.98. The van der Waals surface area contributed by atoms with Crippen molar-refractivity contribution in [3.63, 3.8) is 0 Å². The van der Waals surface area contributed by atoms with Crippen molar-refractivity contribution in [2.75, 3.05) is 52.7 Å². The first-order valence-electron chi connectivity index (χ1n) is 10.8. The van der Waals surface area contributed by atoms with Gasteiger partial charge in [0.1, 0.15) is 0 Å². The first-order chi connectivity index (χ1) is 15.4. The third kappa shape index (κ3) is 16.8. The van der Waals surface area contributed by atoms with Crippen LogP contribution >= 0.6 is 69.6 Å². The lowest BCUT2D eigenvalue weighted by molar-refractivity contribution is -0.121. The lowest BCUT2D eigenvalue weighted by Gasteiger charge is -2.32. The number of halogens is 6. The van der Waals surface area contributed by atoms with Crippen molar-refractivity contribution in [2.45, 2.75) is 53.5 Å². The molecule has 0 heterocycles. The van der Waals surface area contributed by atoms with Crippen LogP contribution in [0.3, 0.4) is 0 Å². The fraction of sp³-hybridized carbons (Fsp3) is 0.900. The van der Waals surface area contributed by atoms with Crippen molar-refractivity contribution in [2.24, 2.45) is 5.41 Å². The molecule has 0 saturated heterocycles. The van der Waals surface area contributed by atoms with Gasteiger partial charge in [0.25, 0.3) is 19.4 Å².